The number of fused-ring (bicyclic) bond motifs is 1. The van der Waals surface area contributed by atoms with Gasteiger partial charge in [-0.15, -0.1) is 0 Å². The standard InChI is InChI=1S/C13H18N2O3S/c14-11-3-4-13-10(8-11)5-6-15(13)19(16,17)9-12-2-1-7-18-12/h3-4,8,12H,1-2,5-7,9,14H2. The van der Waals surface area contributed by atoms with Crippen LogP contribution in [0.2, 0.25) is 0 Å². The maximum atomic E-state index is 12.5. The predicted octanol–water partition coefficient (Wildman–Crippen LogP) is 1.14. The van der Waals surface area contributed by atoms with Gasteiger partial charge in [0, 0.05) is 18.8 Å². The highest BCUT2D eigenvalue weighted by Gasteiger charge is 2.32. The summed E-state index contributed by atoms with van der Waals surface area (Å²) in [5, 5.41) is 0. The van der Waals surface area contributed by atoms with E-state index in [0.717, 1.165) is 30.5 Å². The molecule has 0 spiro atoms. The highest BCUT2D eigenvalue weighted by Crippen LogP contribution is 2.32. The van der Waals surface area contributed by atoms with Crippen LogP contribution in [0.5, 0.6) is 0 Å². The van der Waals surface area contributed by atoms with E-state index in [1.54, 1.807) is 12.1 Å². The third kappa shape index (κ3) is 2.42. The van der Waals surface area contributed by atoms with E-state index < -0.39 is 10.0 Å². The maximum Gasteiger partial charge on any atom is 0.237 e. The van der Waals surface area contributed by atoms with Crippen molar-refractivity contribution in [3.05, 3.63) is 23.8 Å². The van der Waals surface area contributed by atoms with Crippen molar-refractivity contribution in [2.45, 2.75) is 25.4 Å². The molecule has 1 aromatic rings. The van der Waals surface area contributed by atoms with E-state index in [4.69, 9.17) is 10.5 Å². The molecule has 5 nitrogen and oxygen atoms in total. The minimum Gasteiger partial charge on any atom is -0.399 e. The minimum absolute atomic E-state index is 0.0802. The van der Waals surface area contributed by atoms with Crippen molar-refractivity contribution in [2.24, 2.45) is 0 Å². The number of benzene rings is 1. The number of hydrogen-bond acceptors (Lipinski definition) is 4. The summed E-state index contributed by atoms with van der Waals surface area (Å²) < 4.78 is 31.8. The molecular formula is C13H18N2O3S. The first-order chi connectivity index (χ1) is 9.06. The zero-order valence-electron chi connectivity index (χ0n) is 10.7. The largest absolute Gasteiger partial charge is 0.399 e. The second kappa shape index (κ2) is 4.68. The molecule has 0 aromatic heterocycles. The first-order valence-corrected chi connectivity index (χ1v) is 8.17. The number of nitrogen functional groups attached to an aromatic ring is 1. The normalized spacial score (nSPS) is 22.7. The van der Waals surface area contributed by atoms with Crippen molar-refractivity contribution in [3.63, 3.8) is 0 Å². The molecule has 0 aliphatic carbocycles. The van der Waals surface area contributed by atoms with Gasteiger partial charge in [-0.05, 0) is 43.0 Å². The van der Waals surface area contributed by atoms with Crippen molar-refractivity contribution in [1.29, 1.82) is 0 Å². The smallest absolute Gasteiger partial charge is 0.237 e. The zero-order valence-corrected chi connectivity index (χ0v) is 11.5. The van der Waals surface area contributed by atoms with E-state index >= 15 is 0 Å². The summed E-state index contributed by atoms with van der Waals surface area (Å²) in [5.41, 5.74) is 8.19. The van der Waals surface area contributed by atoms with Crippen LogP contribution in [0.1, 0.15) is 18.4 Å². The lowest BCUT2D eigenvalue weighted by atomic mass is 10.1. The SMILES string of the molecule is Nc1ccc2c(c1)CCN2S(=O)(=O)CC1CCCO1. The molecule has 1 saturated heterocycles. The van der Waals surface area contributed by atoms with Gasteiger partial charge in [0.25, 0.3) is 0 Å². The van der Waals surface area contributed by atoms with Crippen LogP contribution >= 0.6 is 0 Å². The molecule has 0 radical (unpaired) electrons. The second-order valence-electron chi connectivity index (χ2n) is 5.12. The van der Waals surface area contributed by atoms with Crippen LogP contribution in [-0.2, 0) is 21.2 Å². The summed E-state index contributed by atoms with van der Waals surface area (Å²) in [6, 6.07) is 5.40. The first kappa shape index (κ1) is 12.7. The van der Waals surface area contributed by atoms with Gasteiger partial charge >= 0.3 is 0 Å². The van der Waals surface area contributed by atoms with E-state index in [0.29, 0.717) is 18.8 Å². The monoisotopic (exact) mass is 282 g/mol. The summed E-state index contributed by atoms with van der Waals surface area (Å²) in [6.07, 6.45) is 2.36. The fourth-order valence-corrected chi connectivity index (χ4v) is 4.54. The molecule has 0 bridgehead atoms. The van der Waals surface area contributed by atoms with Gasteiger partial charge in [0.05, 0.1) is 17.5 Å². The number of nitrogens with two attached hydrogens (primary N) is 1. The number of sulfonamides is 1. The minimum atomic E-state index is -3.30. The Morgan fingerprint density at radius 3 is 3.00 bits per heavy atom. The molecule has 1 fully saturated rings. The summed E-state index contributed by atoms with van der Waals surface area (Å²) in [7, 11) is -3.30. The molecule has 3 rings (SSSR count). The third-order valence-electron chi connectivity index (χ3n) is 3.71. The highest BCUT2D eigenvalue weighted by atomic mass is 32.2. The molecule has 2 aliphatic rings. The average Bonchev–Trinajstić information content (AvgIpc) is 2.96. The molecule has 6 heteroatoms. The lowest BCUT2D eigenvalue weighted by molar-refractivity contribution is 0.127. The average molecular weight is 282 g/mol. The van der Waals surface area contributed by atoms with E-state index in [-0.39, 0.29) is 11.9 Å². The number of nitrogens with zero attached hydrogens (tertiary/aromatic N) is 1. The Labute approximate surface area is 113 Å². The lowest BCUT2D eigenvalue weighted by Gasteiger charge is -2.21. The van der Waals surface area contributed by atoms with Crippen LogP contribution in [-0.4, -0.2) is 33.4 Å². The Hall–Kier alpha value is -1.27. The van der Waals surface area contributed by atoms with Gasteiger partial charge in [0.15, 0.2) is 0 Å². The topological polar surface area (TPSA) is 72.6 Å². The van der Waals surface area contributed by atoms with Crippen molar-refractivity contribution in [2.75, 3.05) is 28.9 Å². The Kier molecular flexibility index (Phi) is 3.14. The predicted molar refractivity (Wildman–Crippen MR) is 74.7 cm³/mol. The van der Waals surface area contributed by atoms with Crippen LogP contribution in [0, 0.1) is 0 Å². The van der Waals surface area contributed by atoms with Crippen molar-refractivity contribution >= 4 is 21.4 Å². The summed E-state index contributed by atoms with van der Waals surface area (Å²) in [4.78, 5) is 0. The van der Waals surface area contributed by atoms with E-state index in [1.165, 1.54) is 4.31 Å². The van der Waals surface area contributed by atoms with Gasteiger partial charge in [-0.25, -0.2) is 8.42 Å². The summed E-state index contributed by atoms with van der Waals surface area (Å²) in [5.74, 6) is 0.0802. The van der Waals surface area contributed by atoms with Crippen LogP contribution < -0.4 is 10.0 Å². The van der Waals surface area contributed by atoms with Crippen molar-refractivity contribution in [3.8, 4) is 0 Å². The zero-order chi connectivity index (χ0) is 13.5. The molecule has 1 aromatic carbocycles. The van der Waals surface area contributed by atoms with Gasteiger partial charge in [-0.2, -0.15) is 0 Å². The number of anilines is 2. The number of rotatable bonds is 3. The van der Waals surface area contributed by atoms with Gasteiger partial charge in [-0.1, -0.05) is 0 Å². The molecule has 2 aliphatic heterocycles. The molecule has 0 amide bonds. The molecule has 1 atom stereocenters. The van der Waals surface area contributed by atoms with Gasteiger partial charge in [0.2, 0.25) is 10.0 Å². The van der Waals surface area contributed by atoms with Crippen LogP contribution in [0.15, 0.2) is 18.2 Å². The van der Waals surface area contributed by atoms with Crippen LogP contribution in [0.25, 0.3) is 0 Å². The molecule has 2 heterocycles. The quantitative estimate of drug-likeness (QED) is 0.844. The van der Waals surface area contributed by atoms with E-state index in [2.05, 4.69) is 0 Å². The Balaban J connectivity index is 1.83. The third-order valence-corrected chi connectivity index (χ3v) is 5.56. The highest BCUT2D eigenvalue weighted by molar-refractivity contribution is 7.92. The number of hydrogen-bond donors (Lipinski definition) is 1. The maximum absolute atomic E-state index is 12.5. The van der Waals surface area contributed by atoms with Gasteiger partial charge in [-0.3, -0.25) is 4.31 Å². The number of ether oxygens (including phenoxy) is 1. The molecule has 19 heavy (non-hydrogen) atoms. The lowest BCUT2D eigenvalue weighted by Crippen LogP contribution is -2.35. The second-order valence-corrected chi connectivity index (χ2v) is 7.06. The van der Waals surface area contributed by atoms with Crippen molar-refractivity contribution in [1.82, 2.24) is 0 Å². The molecule has 104 valence electrons. The van der Waals surface area contributed by atoms with Crippen LogP contribution in [0.3, 0.4) is 0 Å². The fourth-order valence-electron chi connectivity index (χ4n) is 2.78. The molecule has 2 N–H and O–H groups in total. The molecule has 1 unspecified atom stereocenters. The Morgan fingerprint density at radius 2 is 2.26 bits per heavy atom. The molecule has 0 saturated carbocycles. The van der Waals surface area contributed by atoms with E-state index in [1.807, 2.05) is 6.07 Å². The van der Waals surface area contributed by atoms with Crippen LogP contribution in [0.4, 0.5) is 11.4 Å². The van der Waals surface area contributed by atoms with Gasteiger partial charge in [0.1, 0.15) is 0 Å². The Morgan fingerprint density at radius 1 is 1.42 bits per heavy atom. The Bertz CT molecular complexity index is 580. The van der Waals surface area contributed by atoms with Gasteiger partial charge < -0.3 is 10.5 Å². The summed E-state index contributed by atoms with van der Waals surface area (Å²) in [6.45, 7) is 1.18. The van der Waals surface area contributed by atoms with Crippen molar-refractivity contribution < 1.29 is 13.2 Å². The molecular weight excluding hydrogens is 264 g/mol. The van der Waals surface area contributed by atoms with E-state index in [9.17, 15) is 8.42 Å². The first-order valence-electron chi connectivity index (χ1n) is 6.57. The summed E-state index contributed by atoms with van der Waals surface area (Å²) >= 11 is 0. The fraction of sp³-hybridized carbons (Fsp3) is 0.538.